The largest absolute Gasteiger partial charge is 0.493 e. The number of hydrogen-bond donors (Lipinski definition) is 1. The van der Waals surface area contributed by atoms with Crippen molar-refractivity contribution in [1.29, 1.82) is 0 Å². The number of nitrogens with zero attached hydrogens (tertiary/aromatic N) is 1. The summed E-state index contributed by atoms with van der Waals surface area (Å²) in [5.41, 5.74) is 1.70. The van der Waals surface area contributed by atoms with Gasteiger partial charge in [-0.1, -0.05) is 66.2 Å². The van der Waals surface area contributed by atoms with Crippen molar-refractivity contribution in [2.24, 2.45) is 0 Å². The molecule has 0 radical (unpaired) electrons. The molecule has 5 rings (SSSR count). The second-order valence-corrected chi connectivity index (χ2v) is 8.41. The third kappa shape index (κ3) is 3.99. The minimum Gasteiger partial charge on any atom is -0.493 e. The number of carboxylic acids is 1. The molecule has 0 atom stereocenters. The SMILES string of the molecule is O=C(O)c1c(-c2ccccc2Cl)c2cc(F)ccc2n1CCCOc1cccc2ccccc12. The van der Waals surface area contributed by atoms with Gasteiger partial charge in [0.15, 0.2) is 0 Å². The quantitative estimate of drug-likeness (QED) is 0.250. The molecule has 34 heavy (non-hydrogen) atoms. The summed E-state index contributed by atoms with van der Waals surface area (Å²) in [5, 5.41) is 13.2. The Morgan fingerprint density at radius 3 is 2.53 bits per heavy atom. The van der Waals surface area contributed by atoms with Gasteiger partial charge in [-0.2, -0.15) is 0 Å². The highest BCUT2D eigenvalue weighted by atomic mass is 35.5. The second-order valence-electron chi connectivity index (χ2n) is 8.00. The Morgan fingerprint density at radius 2 is 1.71 bits per heavy atom. The number of aromatic nitrogens is 1. The van der Waals surface area contributed by atoms with Crippen molar-refractivity contribution >= 4 is 39.2 Å². The first-order chi connectivity index (χ1) is 16.5. The zero-order chi connectivity index (χ0) is 23.7. The van der Waals surface area contributed by atoms with E-state index in [1.165, 1.54) is 12.1 Å². The Bertz CT molecular complexity index is 1520. The monoisotopic (exact) mass is 473 g/mol. The van der Waals surface area contributed by atoms with Gasteiger partial charge in [0.1, 0.15) is 17.3 Å². The molecule has 0 bridgehead atoms. The van der Waals surface area contributed by atoms with Crippen molar-refractivity contribution in [3.8, 4) is 16.9 Å². The fraction of sp³-hybridized carbons (Fsp3) is 0.107. The Kier molecular flexibility index (Phi) is 5.95. The minimum atomic E-state index is -1.10. The third-order valence-electron chi connectivity index (χ3n) is 5.90. The minimum absolute atomic E-state index is 0.0823. The van der Waals surface area contributed by atoms with Crippen molar-refractivity contribution in [3.05, 3.63) is 101 Å². The highest BCUT2D eigenvalue weighted by Gasteiger charge is 2.25. The predicted octanol–water partition coefficient (Wildman–Crippen LogP) is 7.42. The Hall–Kier alpha value is -3.83. The first-order valence-electron chi connectivity index (χ1n) is 10.9. The molecule has 0 aliphatic rings. The van der Waals surface area contributed by atoms with Crippen LogP contribution in [0.4, 0.5) is 4.39 Å². The zero-order valence-corrected chi connectivity index (χ0v) is 18.9. The smallest absolute Gasteiger partial charge is 0.353 e. The summed E-state index contributed by atoms with van der Waals surface area (Å²) in [4.78, 5) is 12.4. The van der Waals surface area contributed by atoms with Crippen LogP contribution in [0.1, 0.15) is 16.9 Å². The van der Waals surface area contributed by atoms with E-state index in [0.29, 0.717) is 46.6 Å². The van der Waals surface area contributed by atoms with Crippen LogP contribution in [0, 0.1) is 5.82 Å². The molecule has 6 heteroatoms. The second kappa shape index (κ2) is 9.20. The van der Waals surface area contributed by atoms with E-state index in [1.807, 2.05) is 42.5 Å². The van der Waals surface area contributed by atoms with Gasteiger partial charge in [0, 0.05) is 39.0 Å². The normalized spacial score (nSPS) is 11.2. The Balaban J connectivity index is 1.49. The molecule has 1 heterocycles. The summed E-state index contributed by atoms with van der Waals surface area (Å²) in [6.07, 6.45) is 0.562. The Morgan fingerprint density at radius 1 is 0.941 bits per heavy atom. The van der Waals surface area contributed by atoms with Crippen LogP contribution in [0.2, 0.25) is 5.02 Å². The fourth-order valence-corrected chi connectivity index (χ4v) is 4.67. The van der Waals surface area contributed by atoms with Crippen LogP contribution in [-0.2, 0) is 6.54 Å². The average Bonchev–Trinajstić information content (AvgIpc) is 3.15. The molecule has 0 fully saturated rings. The first-order valence-corrected chi connectivity index (χ1v) is 11.3. The van der Waals surface area contributed by atoms with Gasteiger partial charge < -0.3 is 14.4 Å². The predicted molar refractivity (Wildman–Crippen MR) is 133 cm³/mol. The van der Waals surface area contributed by atoms with Crippen LogP contribution in [-0.4, -0.2) is 22.2 Å². The van der Waals surface area contributed by atoms with Gasteiger partial charge >= 0.3 is 5.97 Å². The van der Waals surface area contributed by atoms with Gasteiger partial charge in [-0.3, -0.25) is 0 Å². The first kappa shape index (κ1) is 22.0. The number of hydrogen-bond acceptors (Lipinski definition) is 2. The maximum Gasteiger partial charge on any atom is 0.353 e. The molecule has 0 aliphatic carbocycles. The average molecular weight is 474 g/mol. The number of aromatic carboxylic acids is 1. The van der Waals surface area contributed by atoms with Gasteiger partial charge in [-0.25, -0.2) is 9.18 Å². The molecule has 0 spiro atoms. The van der Waals surface area contributed by atoms with E-state index in [1.54, 1.807) is 34.9 Å². The van der Waals surface area contributed by atoms with Gasteiger partial charge in [0.05, 0.1) is 6.61 Å². The zero-order valence-electron chi connectivity index (χ0n) is 18.2. The topological polar surface area (TPSA) is 51.5 Å². The molecule has 0 amide bonds. The summed E-state index contributed by atoms with van der Waals surface area (Å²) in [6.45, 7) is 0.786. The number of benzene rings is 4. The van der Waals surface area contributed by atoms with E-state index in [4.69, 9.17) is 16.3 Å². The fourth-order valence-electron chi connectivity index (χ4n) is 4.44. The van der Waals surface area contributed by atoms with Crippen molar-refractivity contribution < 1.29 is 19.0 Å². The molecule has 4 nitrogen and oxygen atoms in total. The van der Waals surface area contributed by atoms with Crippen LogP contribution in [0.15, 0.2) is 84.9 Å². The van der Waals surface area contributed by atoms with Gasteiger partial charge in [-0.15, -0.1) is 0 Å². The summed E-state index contributed by atoms with van der Waals surface area (Å²) >= 11 is 6.41. The van der Waals surface area contributed by atoms with Crippen LogP contribution in [0.25, 0.3) is 32.8 Å². The summed E-state index contributed by atoms with van der Waals surface area (Å²) in [6, 6.07) is 25.2. The molecule has 5 aromatic rings. The number of aryl methyl sites for hydroxylation is 1. The summed E-state index contributed by atoms with van der Waals surface area (Å²) in [5.74, 6) is -0.747. The van der Waals surface area contributed by atoms with Crippen LogP contribution >= 0.6 is 11.6 Å². The van der Waals surface area contributed by atoms with E-state index < -0.39 is 11.8 Å². The summed E-state index contributed by atoms with van der Waals surface area (Å²) in [7, 11) is 0. The van der Waals surface area contributed by atoms with Crippen LogP contribution < -0.4 is 4.74 Å². The number of ether oxygens (including phenoxy) is 1. The molecule has 0 saturated carbocycles. The molecule has 1 aromatic heterocycles. The molecule has 0 aliphatic heterocycles. The van der Waals surface area contributed by atoms with E-state index >= 15 is 0 Å². The number of halogens is 2. The van der Waals surface area contributed by atoms with Crippen LogP contribution in [0.5, 0.6) is 5.75 Å². The lowest BCUT2D eigenvalue weighted by Gasteiger charge is -2.12. The van der Waals surface area contributed by atoms with Crippen molar-refractivity contribution in [2.45, 2.75) is 13.0 Å². The highest BCUT2D eigenvalue weighted by molar-refractivity contribution is 6.34. The molecule has 0 unspecified atom stereocenters. The Labute approximate surface area is 200 Å². The van der Waals surface area contributed by atoms with Gasteiger partial charge in [0.2, 0.25) is 0 Å². The third-order valence-corrected chi connectivity index (χ3v) is 6.23. The van der Waals surface area contributed by atoms with Crippen molar-refractivity contribution in [2.75, 3.05) is 6.61 Å². The number of carbonyl (C=O) groups is 1. The lowest BCUT2D eigenvalue weighted by molar-refractivity contribution is 0.0686. The molecule has 0 saturated heterocycles. The molecular formula is C28H21ClFNO3. The maximum atomic E-state index is 14.2. The van der Waals surface area contributed by atoms with E-state index in [-0.39, 0.29) is 5.69 Å². The standard InChI is InChI=1S/C28H21ClFNO3/c29-23-11-4-3-10-21(23)26-22-17-19(30)13-14-24(22)31(27(26)28(32)33)15-6-16-34-25-12-5-8-18-7-1-2-9-20(18)25/h1-5,7-14,17H,6,15-16H2,(H,32,33). The van der Waals surface area contributed by atoms with Gasteiger partial charge in [0.25, 0.3) is 0 Å². The molecule has 170 valence electrons. The van der Waals surface area contributed by atoms with Crippen LogP contribution in [0.3, 0.4) is 0 Å². The van der Waals surface area contributed by atoms with Crippen molar-refractivity contribution in [1.82, 2.24) is 4.57 Å². The van der Waals surface area contributed by atoms with Gasteiger partial charge in [-0.05, 0) is 42.1 Å². The lowest BCUT2D eigenvalue weighted by Crippen LogP contribution is -2.12. The maximum absolute atomic E-state index is 14.2. The van der Waals surface area contributed by atoms with E-state index in [9.17, 15) is 14.3 Å². The lowest BCUT2D eigenvalue weighted by atomic mass is 10.0. The van der Waals surface area contributed by atoms with E-state index in [2.05, 4.69) is 0 Å². The number of fused-ring (bicyclic) bond motifs is 2. The van der Waals surface area contributed by atoms with Crippen molar-refractivity contribution in [3.63, 3.8) is 0 Å². The molecule has 1 N–H and O–H groups in total. The highest BCUT2D eigenvalue weighted by Crippen LogP contribution is 2.39. The molecule has 4 aromatic carbocycles. The van der Waals surface area contributed by atoms with E-state index in [0.717, 1.165) is 16.5 Å². The number of carboxylic acid groups (broad SMARTS) is 1. The molecular weight excluding hydrogens is 453 g/mol. The summed E-state index contributed by atoms with van der Waals surface area (Å²) < 4.78 is 21.9. The number of rotatable bonds is 7.